The Morgan fingerprint density at radius 2 is 1.50 bits per heavy atom. The van der Waals surface area contributed by atoms with Crippen molar-refractivity contribution in [1.29, 1.82) is 0 Å². The Balaban J connectivity index is 0.000000490. The molecule has 0 aliphatic heterocycles. The third-order valence-electron chi connectivity index (χ3n) is 0.800. The third-order valence-corrected chi connectivity index (χ3v) is 0.800. The summed E-state index contributed by atoms with van der Waals surface area (Å²) in [6.07, 6.45) is 0. The van der Waals surface area contributed by atoms with Crippen LogP contribution < -0.4 is 5.73 Å². The SMILES string of the molecule is Nc1ccccc1.[Fe]. The molecular weight excluding hydrogens is 142 g/mol. The van der Waals surface area contributed by atoms with Gasteiger partial charge >= 0.3 is 0 Å². The molecule has 1 aromatic rings. The fraction of sp³-hybridized carbons (Fsp3) is 0. The fourth-order valence-corrected chi connectivity index (χ4v) is 0.453. The van der Waals surface area contributed by atoms with Crippen LogP contribution in [0.15, 0.2) is 30.3 Å². The second-order valence-corrected chi connectivity index (χ2v) is 1.41. The zero-order valence-electron chi connectivity index (χ0n) is 4.32. The number of hydrogen-bond acceptors (Lipinski definition) is 1. The van der Waals surface area contributed by atoms with Gasteiger partial charge in [-0.15, -0.1) is 0 Å². The maximum absolute atomic E-state index is 5.36. The molecule has 0 fully saturated rings. The molecule has 1 aromatic carbocycles. The molecule has 0 bridgehead atoms. The summed E-state index contributed by atoms with van der Waals surface area (Å²) in [6.45, 7) is 0. The molecule has 0 atom stereocenters. The summed E-state index contributed by atoms with van der Waals surface area (Å²) in [7, 11) is 0. The van der Waals surface area contributed by atoms with Gasteiger partial charge in [-0.1, -0.05) is 18.2 Å². The van der Waals surface area contributed by atoms with E-state index < -0.39 is 0 Å². The molecule has 1 nitrogen and oxygen atoms in total. The first-order valence-electron chi connectivity index (χ1n) is 2.20. The summed E-state index contributed by atoms with van der Waals surface area (Å²) in [4.78, 5) is 0. The van der Waals surface area contributed by atoms with Crippen LogP contribution in [0.1, 0.15) is 0 Å². The predicted octanol–water partition coefficient (Wildman–Crippen LogP) is 1.27. The molecule has 0 aromatic heterocycles. The van der Waals surface area contributed by atoms with E-state index in [0.717, 1.165) is 5.69 Å². The Morgan fingerprint density at radius 3 is 1.75 bits per heavy atom. The van der Waals surface area contributed by atoms with E-state index in [-0.39, 0.29) is 17.1 Å². The monoisotopic (exact) mass is 149 g/mol. The topological polar surface area (TPSA) is 26.0 Å². The van der Waals surface area contributed by atoms with Crippen LogP contribution in [0.4, 0.5) is 5.69 Å². The van der Waals surface area contributed by atoms with Crippen LogP contribution in [0.2, 0.25) is 0 Å². The number of hydrogen-bond donors (Lipinski definition) is 1. The van der Waals surface area contributed by atoms with Crippen molar-refractivity contribution in [2.24, 2.45) is 0 Å². The smallest absolute Gasteiger partial charge is 0.0313 e. The molecule has 2 N–H and O–H groups in total. The zero-order chi connectivity index (χ0) is 5.11. The molecule has 44 valence electrons. The molecule has 0 aliphatic rings. The van der Waals surface area contributed by atoms with E-state index in [2.05, 4.69) is 0 Å². The van der Waals surface area contributed by atoms with Gasteiger partial charge in [-0.05, 0) is 12.1 Å². The van der Waals surface area contributed by atoms with Gasteiger partial charge in [0.05, 0.1) is 0 Å². The number of para-hydroxylation sites is 1. The van der Waals surface area contributed by atoms with Crippen molar-refractivity contribution in [3.05, 3.63) is 30.3 Å². The van der Waals surface area contributed by atoms with Gasteiger partial charge in [0.1, 0.15) is 0 Å². The van der Waals surface area contributed by atoms with E-state index >= 15 is 0 Å². The van der Waals surface area contributed by atoms with Crippen LogP contribution in [0.3, 0.4) is 0 Å². The molecule has 0 unspecified atom stereocenters. The molecule has 0 amide bonds. The molecule has 0 spiro atoms. The van der Waals surface area contributed by atoms with Gasteiger partial charge in [-0.2, -0.15) is 0 Å². The minimum atomic E-state index is 0. The standard InChI is InChI=1S/C6H7N.Fe/c7-6-4-2-1-3-5-6;/h1-5H,7H2;. The van der Waals surface area contributed by atoms with Crippen molar-refractivity contribution in [1.82, 2.24) is 0 Å². The van der Waals surface area contributed by atoms with Crippen molar-refractivity contribution in [3.8, 4) is 0 Å². The van der Waals surface area contributed by atoms with Gasteiger partial charge in [0, 0.05) is 22.8 Å². The van der Waals surface area contributed by atoms with Crippen molar-refractivity contribution in [3.63, 3.8) is 0 Å². The quantitative estimate of drug-likeness (QED) is 0.436. The Bertz CT molecular complexity index is 138. The van der Waals surface area contributed by atoms with E-state index in [1.807, 2.05) is 30.3 Å². The number of nitrogen functional groups attached to an aromatic ring is 1. The first-order valence-corrected chi connectivity index (χ1v) is 2.20. The summed E-state index contributed by atoms with van der Waals surface area (Å²) < 4.78 is 0. The average molecular weight is 149 g/mol. The van der Waals surface area contributed by atoms with E-state index in [1.165, 1.54) is 0 Å². The molecule has 0 radical (unpaired) electrons. The van der Waals surface area contributed by atoms with Crippen LogP contribution in [0.5, 0.6) is 0 Å². The number of anilines is 1. The zero-order valence-corrected chi connectivity index (χ0v) is 5.42. The summed E-state index contributed by atoms with van der Waals surface area (Å²) in [5, 5.41) is 0. The molecule has 0 heterocycles. The minimum Gasteiger partial charge on any atom is -0.399 e. The Kier molecular flexibility index (Phi) is 3.33. The van der Waals surface area contributed by atoms with Crippen molar-refractivity contribution in [2.75, 3.05) is 5.73 Å². The number of benzene rings is 1. The van der Waals surface area contributed by atoms with E-state index in [1.54, 1.807) is 0 Å². The van der Waals surface area contributed by atoms with E-state index in [4.69, 9.17) is 5.73 Å². The van der Waals surface area contributed by atoms with Gasteiger partial charge in [0.15, 0.2) is 0 Å². The van der Waals surface area contributed by atoms with Crippen LogP contribution in [0, 0.1) is 0 Å². The summed E-state index contributed by atoms with van der Waals surface area (Å²) in [5.74, 6) is 0. The van der Waals surface area contributed by atoms with Crippen LogP contribution in [0.25, 0.3) is 0 Å². The van der Waals surface area contributed by atoms with Crippen molar-refractivity contribution < 1.29 is 17.1 Å². The molecular formula is C6H7FeN. The maximum Gasteiger partial charge on any atom is 0.0313 e. The molecule has 8 heavy (non-hydrogen) atoms. The second kappa shape index (κ2) is 3.53. The predicted molar refractivity (Wildman–Crippen MR) is 30.9 cm³/mol. The maximum atomic E-state index is 5.36. The van der Waals surface area contributed by atoms with E-state index in [9.17, 15) is 0 Å². The van der Waals surface area contributed by atoms with Crippen LogP contribution >= 0.6 is 0 Å². The normalized spacial score (nSPS) is 7.50. The average Bonchev–Trinajstić information content (AvgIpc) is 1.69. The minimum absolute atomic E-state index is 0. The summed E-state index contributed by atoms with van der Waals surface area (Å²) >= 11 is 0. The molecule has 0 saturated carbocycles. The van der Waals surface area contributed by atoms with Gasteiger partial charge < -0.3 is 5.73 Å². The molecule has 0 aliphatic carbocycles. The largest absolute Gasteiger partial charge is 0.399 e. The first-order chi connectivity index (χ1) is 3.39. The fourth-order valence-electron chi connectivity index (χ4n) is 0.453. The van der Waals surface area contributed by atoms with E-state index in [0.29, 0.717) is 0 Å². The van der Waals surface area contributed by atoms with Gasteiger partial charge in [-0.3, -0.25) is 0 Å². The molecule has 0 saturated heterocycles. The third kappa shape index (κ3) is 2.01. The Hall–Kier alpha value is -0.461. The first kappa shape index (κ1) is 7.54. The Morgan fingerprint density at radius 1 is 1.00 bits per heavy atom. The van der Waals surface area contributed by atoms with Gasteiger partial charge in [0.25, 0.3) is 0 Å². The number of rotatable bonds is 0. The van der Waals surface area contributed by atoms with Crippen molar-refractivity contribution in [2.45, 2.75) is 0 Å². The van der Waals surface area contributed by atoms with Crippen LogP contribution in [-0.2, 0) is 17.1 Å². The molecule has 2 heteroatoms. The summed E-state index contributed by atoms with van der Waals surface area (Å²) in [6, 6.07) is 9.49. The van der Waals surface area contributed by atoms with Gasteiger partial charge in [-0.25, -0.2) is 0 Å². The Labute approximate surface area is 59.4 Å². The number of nitrogens with two attached hydrogens (primary N) is 1. The summed E-state index contributed by atoms with van der Waals surface area (Å²) in [5.41, 5.74) is 6.18. The van der Waals surface area contributed by atoms with Crippen LogP contribution in [-0.4, -0.2) is 0 Å². The van der Waals surface area contributed by atoms with Crippen molar-refractivity contribution >= 4 is 5.69 Å². The second-order valence-electron chi connectivity index (χ2n) is 1.41. The molecule has 1 rings (SSSR count). The van der Waals surface area contributed by atoms with Gasteiger partial charge in [0.2, 0.25) is 0 Å².